The molecule has 0 radical (unpaired) electrons. The van der Waals surface area contributed by atoms with E-state index in [0.717, 1.165) is 6.07 Å². The molecule has 136 valence electrons. The molecule has 0 fully saturated rings. The molecule has 0 atom stereocenters. The highest BCUT2D eigenvalue weighted by Crippen LogP contribution is 2.37. The van der Waals surface area contributed by atoms with Crippen molar-refractivity contribution in [2.24, 2.45) is 0 Å². The van der Waals surface area contributed by atoms with Crippen molar-refractivity contribution in [2.75, 3.05) is 10.6 Å². The fourth-order valence-electron chi connectivity index (χ4n) is 2.21. The Morgan fingerprint density at radius 3 is 2.63 bits per heavy atom. The molecule has 0 unspecified atom stereocenters. The summed E-state index contributed by atoms with van der Waals surface area (Å²) >= 11 is 5.67. The van der Waals surface area contributed by atoms with Gasteiger partial charge >= 0.3 is 6.18 Å². The molecule has 0 saturated heterocycles. The van der Waals surface area contributed by atoms with Crippen molar-refractivity contribution in [3.05, 3.63) is 64.8 Å². The van der Waals surface area contributed by atoms with Gasteiger partial charge in [0, 0.05) is 10.7 Å². The number of nitrogens with zero attached hydrogens (tertiary/aromatic N) is 4. The predicted molar refractivity (Wildman–Crippen MR) is 94.0 cm³/mol. The molecule has 2 N–H and O–H groups in total. The number of aromatic nitrogens is 3. The standard InChI is InChI=1S/C17H10ClF3N6/c18-11-4-5-14(13(7-11)17(19,20)21)25-15-9-23-27-16(26-15)24-12-3-1-2-10(6-12)8-22/h1-7,9H,(H2,24,25,26,27). The van der Waals surface area contributed by atoms with Gasteiger partial charge in [-0.2, -0.15) is 28.5 Å². The first-order valence-electron chi connectivity index (χ1n) is 7.46. The minimum absolute atomic E-state index is 0.0339. The van der Waals surface area contributed by atoms with Gasteiger partial charge in [0.2, 0.25) is 5.95 Å². The lowest BCUT2D eigenvalue weighted by molar-refractivity contribution is -0.136. The van der Waals surface area contributed by atoms with Crippen molar-refractivity contribution in [3.63, 3.8) is 0 Å². The van der Waals surface area contributed by atoms with Crippen molar-refractivity contribution in [1.82, 2.24) is 15.2 Å². The zero-order valence-electron chi connectivity index (χ0n) is 13.4. The van der Waals surface area contributed by atoms with Crippen LogP contribution in [0.1, 0.15) is 11.1 Å². The fourth-order valence-corrected chi connectivity index (χ4v) is 2.38. The number of nitriles is 1. The SMILES string of the molecule is N#Cc1cccc(Nc2nncc(Nc3ccc(Cl)cc3C(F)(F)F)n2)c1. The predicted octanol–water partition coefficient (Wildman–Crippen LogP) is 4.90. The summed E-state index contributed by atoms with van der Waals surface area (Å²) in [5, 5.41) is 21.8. The van der Waals surface area contributed by atoms with E-state index < -0.39 is 11.7 Å². The lowest BCUT2D eigenvalue weighted by atomic mass is 10.1. The van der Waals surface area contributed by atoms with Gasteiger partial charge in [0.1, 0.15) is 0 Å². The summed E-state index contributed by atoms with van der Waals surface area (Å²) in [6, 6.07) is 11.9. The highest BCUT2D eigenvalue weighted by molar-refractivity contribution is 6.30. The molecular formula is C17H10ClF3N6. The molecule has 10 heteroatoms. The highest BCUT2D eigenvalue weighted by atomic mass is 35.5. The third kappa shape index (κ3) is 4.62. The van der Waals surface area contributed by atoms with E-state index in [1.807, 2.05) is 6.07 Å². The Hall–Kier alpha value is -3.38. The van der Waals surface area contributed by atoms with Crippen molar-refractivity contribution >= 4 is 34.7 Å². The second kappa shape index (κ2) is 7.47. The van der Waals surface area contributed by atoms with Crippen LogP contribution < -0.4 is 10.6 Å². The van der Waals surface area contributed by atoms with E-state index in [4.69, 9.17) is 16.9 Å². The normalized spacial score (nSPS) is 10.9. The number of hydrogen-bond donors (Lipinski definition) is 2. The zero-order valence-corrected chi connectivity index (χ0v) is 14.2. The van der Waals surface area contributed by atoms with Crippen LogP contribution in [0.3, 0.4) is 0 Å². The summed E-state index contributed by atoms with van der Waals surface area (Å²) in [7, 11) is 0. The maximum atomic E-state index is 13.2. The van der Waals surface area contributed by atoms with E-state index in [1.54, 1.807) is 24.3 Å². The maximum Gasteiger partial charge on any atom is 0.418 e. The first kappa shape index (κ1) is 18.4. The molecule has 0 aliphatic carbocycles. The number of benzene rings is 2. The van der Waals surface area contributed by atoms with Gasteiger partial charge in [0.15, 0.2) is 5.82 Å². The molecule has 0 aliphatic rings. The van der Waals surface area contributed by atoms with E-state index in [1.165, 1.54) is 18.3 Å². The quantitative estimate of drug-likeness (QED) is 0.658. The van der Waals surface area contributed by atoms with E-state index in [2.05, 4.69) is 25.8 Å². The van der Waals surface area contributed by atoms with Crippen molar-refractivity contribution in [3.8, 4) is 6.07 Å². The van der Waals surface area contributed by atoms with Crippen LogP contribution in [0.2, 0.25) is 5.02 Å². The Morgan fingerprint density at radius 2 is 1.89 bits per heavy atom. The zero-order chi connectivity index (χ0) is 19.4. The summed E-state index contributed by atoms with van der Waals surface area (Å²) in [6.07, 6.45) is -3.40. The Morgan fingerprint density at radius 1 is 1.07 bits per heavy atom. The van der Waals surface area contributed by atoms with Crippen LogP contribution in [-0.4, -0.2) is 15.2 Å². The van der Waals surface area contributed by atoms with E-state index >= 15 is 0 Å². The molecule has 6 nitrogen and oxygen atoms in total. The van der Waals surface area contributed by atoms with Gasteiger partial charge in [-0.25, -0.2) is 0 Å². The van der Waals surface area contributed by atoms with Gasteiger partial charge < -0.3 is 10.6 Å². The first-order valence-corrected chi connectivity index (χ1v) is 7.83. The summed E-state index contributed by atoms with van der Waals surface area (Å²) in [5.41, 5.74) is -0.177. The molecule has 0 aliphatic heterocycles. The number of rotatable bonds is 4. The molecule has 1 heterocycles. The second-order valence-electron chi connectivity index (χ2n) is 5.30. The highest BCUT2D eigenvalue weighted by Gasteiger charge is 2.34. The van der Waals surface area contributed by atoms with Crippen LogP contribution in [0.5, 0.6) is 0 Å². The average molecular weight is 391 g/mol. The Labute approximate surface area is 156 Å². The molecule has 3 aromatic rings. The molecule has 1 aromatic heterocycles. The smallest absolute Gasteiger partial charge is 0.338 e. The Balaban J connectivity index is 1.86. The van der Waals surface area contributed by atoms with Crippen LogP contribution in [0.4, 0.5) is 36.3 Å². The van der Waals surface area contributed by atoms with Gasteiger partial charge in [-0.3, -0.25) is 0 Å². The van der Waals surface area contributed by atoms with Gasteiger partial charge in [0.25, 0.3) is 0 Å². The van der Waals surface area contributed by atoms with Gasteiger partial charge in [-0.05, 0) is 36.4 Å². The molecule has 3 rings (SSSR count). The number of halogens is 4. The lowest BCUT2D eigenvalue weighted by Gasteiger charge is -2.14. The van der Waals surface area contributed by atoms with Gasteiger partial charge in [-0.15, -0.1) is 5.10 Å². The largest absolute Gasteiger partial charge is 0.418 e. The van der Waals surface area contributed by atoms with Crippen LogP contribution in [0.15, 0.2) is 48.7 Å². The van der Waals surface area contributed by atoms with E-state index in [9.17, 15) is 13.2 Å². The second-order valence-corrected chi connectivity index (χ2v) is 5.73. The van der Waals surface area contributed by atoms with Crippen molar-refractivity contribution in [1.29, 1.82) is 5.26 Å². The van der Waals surface area contributed by atoms with Gasteiger partial charge in [-0.1, -0.05) is 17.7 Å². The maximum absolute atomic E-state index is 13.2. The minimum Gasteiger partial charge on any atom is -0.338 e. The number of alkyl halides is 3. The van der Waals surface area contributed by atoms with Gasteiger partial charge in [0.05, 0.1) is 29.1 Å². The third-order valence-electron chi connectivity index (χ3n) is 3.36. The van der Waals surface area contributed by atoms with Crippen molar-refractivity contribution in [2.45, 2.75) is 6.18 Å². The summed E-state index contributed by atoms with van der Waals surface area (Å²) in [6.45, 7) is 0. The van der Waals surface area contributed by atoms with E-state index in [-0.39, 0.29) is 22.5 Å². The lowest BCUT2D eigenvalue weighted by Crippen LogP contribution is -2.10. The van der Waals surface area contributed by atoms with Crippen LogP contribution in [0.25, 0.3) is 0 Å². The van der Waals surface area contributed by atoms with E-state index in [0.29, 0.717) is 11.3 Å². The Kier molecular flexibility index (Phi) is 5.09. The number of hydrogen-bond acceptors (Lipinski definition) is 6. The summed E-state index contributed by atoms with van der Waals surface area (Å²) in [5.74, 6) is 0.106. The third-order valence-corrected chi connectivity index (χ3v) is 3.59. The van der Waals surface area contributed by atoms with Crippen LogP contribution in [-0.2, 0) is 6.18 Å². The van der Waals surface area contributed by atoms with Crippen molar-refractivity contribution < 1.29 is 13.2 Å². The number of anilines is 4. The Bertz CT molecular complexity index is 1020. The summed E-state index contributed by atoms with van der Waals surface area (Å²) in [4.78, 5) is 4.09. The average Bonchev–Trinajstić information content (AvgIpc) is 2.63. The molecule has 2 aromatic carbocycles. The molecule has 0 amide bonds. The molecule has 0 bridgehead atoms. The minimum atomic E-state index is -4.59. The first-order chi connectivity index (χ1) is 12.8. The molecule has 0 saturated carbocycles. The molecular weight excluding hydrogens is 381 g/mol. The summed E-state index contributed by atoms with van der Waals surface area (Å²) < 4.78 is 39.6. The fraction of sp³-hybridized carbons (Fsp3) is 0.0588. The monoisotopic (exact) mass is 390 g/mol. The topological polar surface area (TPSA) is 86.5 Å². The number of nitrogens with one attached hydrogen (secondary N) is 2. The molecule has 27 heavy (non-hydrogen) atoms. The van der Waals surface area contributed by atoms with Crippen LogP contribution >= 0.6 is 11.6 Å². The molecule has 0 spiro atoms. The van der Waals surface area contributed by atoms with Crippen LogP contribution in [0, 0.1) is 11.3 Å².